The summed E-state index contributed by atoms with van der Waals surface area (Å²) in [5.41, 5.74) is 2.56. The number of aryl methyl sites for hydroxylation is 2. The Balaban J connectivity index is 1.23. The Morgan fingerprint density at radius 1 is 1.09 bits per heavy atom. The number of hydrogen-bond acceptors (Lipinski definition) is 5. The zero-order valence-corrected chi connectivity index (χ0v) is 19.5. The minimum absolute atomic E-state index is 0.0406. The minimum Gasteiger partial charge on any atom is -0.457 e. The normalized spacial score (nSPS) is 13.7. The standard InChI is InChI=1S/C25H26FN7O2/c1-32-15-17(14-28-32)22-12-19(9-10-27-22)35-18-7-8-21(20(26)11-18)29-25(34)30-24-13-23(31-33(24)2)16-5-3-4-6-16/h7-16H,3-6H2,1-2H3,(H2,29,30,34). The number of benzene rings is 1. The maximum Gasteiger partial charge on any atom is 0.324 e. The van der Waals surface area contributed by atoms with Gasteiger partial charge in [-0.1, -0.05) is 12.8 Å². The van der Waals surface area contributed by atoms with E-state index in [9.17, 15) is 9.18 Å². The summed E-state index contributed by atoms with van der Waals surface area (Å²) in [4.78, 5) is 16.8. The molecule has 1 saturated carbocycles. The molecule has 2 amide bonds. The molecule has 0 saturated heterocycles. The van der Waals surface area contributed by atoms with Gasteiger partial charge in [-0.25, -0.2) is 9.18 Å². The lowest BCUT2D eigenvalue weighted by Gasteiger charge is -2.11. The van der Waals surface area contributed by atoms with Crippen LogP contribution >= 0.6 is 0 Å². The van der Waals surface area contributed by atoms with E-state index in [1.165, 1.54) is 25.0 Å². The molecule has 0 radical (unpaired) electrons. The van der Waals surface area contributed by atoms with Crippen molar-refractivity contribution in [3.63, 3.8) is 0 Å². The van der Waals surface area contributed by atoms with Crippen molar-refractivity contribution < 1.29 is 13.9 Å². The lowest BCUT2D eigenvalue weighted by Crippen LogP contribution is -2.21. The molecule has 1 aliphatic rings. The van der Waals surface area contributed by atoms with Crippen molar-refractivity contribution in [3.8, 4) is 22.8 Å². The van der Waals surface area contributed by atoms with Gasteiger partial charge in [-0.3, -0.25) is 19.7 Å². The highest BCUT2D eigenvalue weighted by atomic mass is 19.1. The molecule has 0 spiro atoms. The van der Waals surface area contributed by atoms with Crippen LogP contribution in [-0.4, -0.2) is 30.6 Å². The molecule has 1 aromatic carbocycles. The van der Waals surface area contributed by atoms with Crippen molar-refractivity contribution in [2.24, 2.45) is 14.1 Å². The van der Waals surface area contributed by atoms with E-state index in [1.807, 2.05) is 19.3 Å². The second-order valence-corrected chi connectivity index (χ2v) is 8.66. The fourth-order valence-corrected chi connectivity index (χ4v) is 4.28. The predicted molar refractivity (Wildman–Crippen MR) is 130 cm³/mol. The molecule has 4 aromatic rings. The zero-order valence-electron chi connectivity index (χ0n) is 19.5. The fraction of sp³-hybridized carbons (Fsp3) is 0.280. The minimum atomic E-state index is -0.615. The van der Waals surface area contributed by atoms with Crippen molar-refractivity contribution in [3.05, 3.63) is 66.5 Å². The molecule has 1 fully saturated rings. The Kier molecular flexibility index (Phi) is 6.17. The first-order valence-electron chi connectivity index (χ1n) is 11.5. The summed E-state index contributed by atoms with van der Waals surface area (Å²) in [5, 5.41) is 14.0. The van der Waals surface area contributed by atoms with Gasteiger partial charge >= 0.3 is 6.03 Å². The van der Waals surface area contributed by atoms with Crippen LogP contribution in [0.5, 0.6) is 11.5 Å². The van der Waals surface area contributed by atoms with E-state index in [-0.39, 0.29) is 5.69 Å². The van der Waals surface area contributed by atoms with Crippen molar-refractivity contribution >= 4 is 17.5 Å². The van der Waals surface area contributed by atoms with E-state index in [0.29, 0.717) is 28.9 Å². The molecule has 3 heterocycles. The molecule has 9 nitrogen and oxygen atoms in total. The Bertz CT molecular complexity index is 1360. The molecule has 180 valence electrons. The fourth-order valence-electron chi connectivity index (χ4n) is 4.28. The van der Waals surface area contributed by atoms with Crippen LogP contribution in [0.4, 0.5) is 20.7 Å². The third kappa shape index (κ3) is 5.16. The van der Waals surface area contributed by atoms with E-state index >= 15 is 0 Å². The maximum atomic E-state index is 14.7. The number of halogens is 1. The SMILES string of the molecule is Cn1cc(-c2cc(Oc3ccc(NC(=O)Nc4cc(C5CCCC5)nn4C)c(F)c3)ccn2)cn1. The van der Waals surface area contributed by atoms with E-state index in [4.69, 9.17) is 4.74 Å². The first kappa shape index (κ1) is 22.6. The number of carbonyl (C=O) groups excluding carboxylic acids is 1. The summed E-state index contributed by atoms with van der Waals surface area (Å²) in [7, 11) is 3.60. The average Bonchev–Trinajstić information content (AvgIpc) is 3.58. The van der Waals surface area contributed by atoms with Crippen molar-refractivity contribution in [1.82, 2.24) is 24.5 Å². The summed E-state index contributed by atoms with van der Waals surface area (Å²) in [6, 6.07) is 9.05. The Hall–Kier alpha value is -4.21. The van der Waals surface area contributed by atoms with Gasteiger partial charge in [0.05, 0.1) is 23.3 Å². The Morgan fingerprint density at radius 2 is 1.89 bits per heavy atom. The lowest BCUT2D eigenvalue weighted by molar-refractivity contribution is 0.262. The van der Waals surface area contributed by atoms with Crippen LogP contribution in [-0.2, 0) is 14.1 Å². The van der Waals surface area contributed by atoms with Gasteiger partial charge in [0.2, 0.25) is 0 Å². The summed E-state index contributed by atoms with van der Waals surface area (Å²) in [6.07, 6.45) is 9.81. The number of carbonyl (C=O) groups is 1. The van der Waals surface area contributed by atoms with Gasteiger partial charge in [0.25, 0.3) is 0 Å². The molecule has 5 rings (SSSR count). The number of nitrogens with zero attached hydrogens (tertiary/aromatic N) is 5. The summed E-state index contributed by atoms with van der Waals surface area (Å²) in [5.74, 6) is 1.18. The van der Waals surface area contributed by atoms with Crippen molar-refractivity contribution in [1.29, 1.82) is 0 Å². The maximum absolute atomic E-state index is 14.7. The molecule has 0 atom stereocenters. The number of aromatic nitrogens is 5. The van der Waals surface area contributed by atoms with Gasteiger partial charge in [-0.05, 0) is 31.0 Å². The van der Waals surface area contributed by atoms with E-state index < -0.39 is 11.8 Å². The number of amides is 2. The highest BCUT2D eigenvalue weighted by Crippen LogP contribution is 2.34. The third-order valence-corrected chi connectivity index (χ3v) is 6.07. The van der Waals surface area contributed by atoms with Gasteiger partial charge in [0.1, 0.15) is 23.1 Å². The van der Waals surface area contributed by atoms with Crippen LogP contribution in [0, 0.1) is 5.82 Å². The summed E-state index contributed by atoms with van der Waals surface area (Å²) in [6.45, 7) is 0. The quantitative estimate of drug-likeness (QED) is 0.386. The number of anilines is 2. The number of hydrogen-bond donors (Lipinski definition) is 2. The van der Waals surface area contributed by atoms with Gasteiger partial charge in [0.15, 0.2) is 0 Å². The van der Waals surface area contributed by atoms with Crippen molar-refractivity contribution in [2.75, 3.05) is 10.6 Å². The summed E-state index contributed by atoms with van der Waals surface area (Å²) < 4.78 is 23.8. The number of ether oxygens (including phenoxy) is 1. The molecule has 1 aliphatic carbocycles. The van der Waals surface area contributed by atoms with Gasteiger partial charge in [-0.2, -0.15) is 10.2 Å². The average molecular weight is 476 g/mol. The third-order valence-electron chi connectivity index (χ3n) is 6.07. The number of rotatable bonds is 6. The second kappa shape index (κ2) is 9.57. The largest absolute Gasteiger partial charge is 0.457 e. The molecule has 0 bridgehead atoms. The van der Waals surface area contributed by atoms with E-state index in [1.54, 1.807) is 47.0 Å². The first-order valence-corrected chi connectivity index (χ1v) is 11.5. The smallest absolute Gasteiger partial charge is 0.324 e. The molecule has 35 heavy (non-hydrogen) atoms. The molecule has 3 aromatic heterocycles. The van der Waals surface area contributed by atoms with E-state index in [0.717, 1.165) is 24.1 Å². The zero-order chi connectivity index (χ0) is 24.4. The van der Waals surface area contributed by atoms with Gasteiger partial charge < -0.3 is 10.1 Å². The van der Waals surface area contributed by atoms with Crippen LogP contribution in [0.15, 0.2) is 55.0 Å². The lowest BCUT2D eigenvalue weighted by atomic mass is 10.0. The highest BCUT2D eigenvalue weighted by Gasteiger charge is 2.21. The first-order chi connectivity index (χ1) is 16.9. The molecule has 10 heteroatoms. The van der Waals surface area contributed by atoms with Crippen molar-refractivity contribution in [2.45, 2.75) is 31.6 Å². The molecular weight excluding hydrogens is 449 g/mol. The Labute approximate surface area is 201 Å². The van der Waals surface area contributed by atoms with Crippen LogP contribution in [0.3, 0.4) is 0 Å². The topological polar surface area (TPSA) is 98.9 Å². The monoisotopic (exact) mass is 475 g/mol. The van der Waals surface area contributed by atoms with E-state index in [2.05, 4.69) is 25.8 Å². The van der Waals surface area contributed by atoms with Gasteiger partial charge in [0, 0.05) is 56.2 Å². The number of pyridine rings is 1. The predicted octanol–water partition coefficient (Wildman–Crippen LogP) is 5.45. The van der Waals surface area contributed by atoms with Crippen LogP contribution in [0.1, 0.15) is 37.3 Å². The summed E-state index contributed by atoms with van der Waals surface area (Å²) >= 11 is 0. The Morgan fingerprint density at radius 3 is 2.63 bits per heavy atom. The molecule has 0 aliphatic heterocycles. The van der Waals surface area contributed by atoms with Crippen LogP contribution in [0.2, 0.25) is 0 Å². The van der Waals surface area contributed by atoms with Crippen LogP contribution in [0.25, 0.3) is 11.3 Å². The van der Waals surface area contributed by atoms with Crippen LogP contribution < -0.4 is 15.4 Å². The van der Waals surface area contributed by atoms with Gasteiger partial charge in [-0.15, -0.1) is 0 Å². The highest BCUT2D eigenvalue weighted by molar-refractivity contribution is 5.99. The number of urea groups is 1. The molecular formula is C25H26FN7O2. The second-order valence-electron chi connectivity index (χ2n) is 8.66. The number of nitrogens with one attached hydrogen (secondary N) is 2. The molecule has 2 N–H and O–H groups in total. The molecule has 0 unspecified atom stereocenters.